The summed E-state index contributed by atoms with van der Waals surface area (Å²) < 4.78 is 12.9. The predicted molar refractivity (Wildman–Crippen MR) is 132 cm³/mol. The van der Waals surface area contributed by atoms with E-state index in [4.69, 9.17) is 9.47 Å². The van der Waals surface area contributed by atoms with Crippen LogP contribution in [0.5, 0.6) is 11.5 Å². The fourth-order valence-electron chi connectivity index (χ4n) is 2.76. The van der Waals surface area contributed by atoms with Gasteiger partial charge in [0.2, 0.25) is 5.56 Å². The van der Waals surface area contributed by atoms with Gasteiger partial charge in [0.05, 0.1) is 13.7 Å². The van der Waals surface area contributed by atoms with Crippen molar-refractivity contribution in [3.05, 3.63) is 59.0 Å². The highest BCUT2D eigenvalue weighted by Gasteiger charge is 2.06. The second-order valence-corrected chi connectivity index (χ2v) is 6.69. The molecule has 30 heavy (non-hydrogen) atoms. The minimum absolute atomic E-state index is 0. The standard InChI is InChI=1S/C22H32N4O3.HI/c1-4-23-22(24-13-6-8-15-26-14-7-5-12-21(26)27)25-17-18(2)29-20-11-9-10-19(16-20)28-3;/h5,7,9-12,14,16,18H,4,6,8,13,15,17H2,1-3H3,(H2,23,24,25);1H. The van der Waals surface area contributed by atoms with Crippen molar-refractivity contribution >= 4 is 29.9 Å². The third-order valence-corrected chi connectivity index (χ3v) is 4.25. The Morgan fingerprint density at radius 1 is 1.13 bits per heavy atom. The van der Waals surface area contributed by atoms with Crippen molar-refractivity contribution in [2.75, 3.05) is 26.7 Å². The quantitative estimate of drug-likeness (QED) is 0.203. The smallest absolute Gasteiger partial charge is 0.250 e. The van der Waals surface area contributed by atoms with Crippen LogP contribution in [0.1, 0.15) is 26.7 Å². The summed E-state index contributed by atoms with van der Waals surface area (Å²) in [5.41, 5.74) is 0.0420. The predicted octanol–water partition coefficient (Wildman–Crippen LogP) is 3.28. The Labute approximate surface area is 195 Å². The lowest BCUT2D eigenvalue weighted by Crippen LogP contribution is -2.38. The molecule has 2 N–H and O–H groups in total. The van der Waals surface area contributed by atoms with Gasteiger partial charge in [-0.2, -0.15) is 0 Å². The van der Waals surface area contributed by atoms with E-state index in [1.54, 1.807) is 23.8 Å². The monoisotopic (exact) mass is 528 g/mol. The molecule has 0 aliphatic heterocycles. The first-order valence-corrected chi connectivity index (χ1v) is 10.1. The second kappa shape index (κ2) is 14.7. The summed E-state index contributed by atoms with van der Waals surface area (Å²) in [4.78, 5) is 16.3. The van der Waals surface area contributed by atoms with Gasteiger partial charge in [0.25, 0.3) is 0 Å². The SMILES string of the molecule is CCNC(=NCC(C)Oc1cccc(OC)c1)NCCCCn1ccccc1=O.I. The van der Waals surface area contributed by atoms with Gasteiger partial charge in [-0.3, -0.25) is 4.79 Å². The highest BCUT2D eigenvalue weighted by atomic mass is 127. The van der Waals surface area contributed by atoms with E-state index in [9.17, 15) is 4.79 Å². The minimum Gasteiger partial charge on any atom is -0.497 e. The van der Waals surface area contributed by atoms with Crippen LogP contribution in [0, 0.1) is 0 Å². The van der Waals surface area contributed by atoms with Gasteiger partial charge in [-0.25, -0.2) is 4.99 Å². The van der Waals surface area contributed by atoms with E-state index in [0.29, 0.717) is 6.54 Å². The molecule has 0 radical (unpaired) electrons. The molecule has 0 saturated heterocycles. The topological polar surface area (TPSA) is 76.9 Å². The molecule has 0 spiro atoms. The van der Waals surface area contributed by atoms with Crippen LogP contribution >= 0.6 is 24.0 Å². The first-order chi connectivity index (χ1) is 14.1. The molecule has 1 aromatic heterocycles. The fraction of sp³-hybridized carbons (Fsp3) is 0.455. The average Bonchev–Trinajstić information content (AvgIpc) is 2.73. The Morgan fingerprint density at radius 3 is 2.67 bits per heavy atom. The molecule has 0 aliphatic rings. The van der Waals surface area contributed by atoms with Gasteiger partial charge in [-0.05, 0) is 44.9 Å². The zero-order valence-corrected chi connectivity index (χ0v) is 20.3. The summed E-state index contributed by atoms with van der Waals surface area (Å²) in [7, 11) is 1.64. The van der Waals surface area contributed by atoms with E-state index in [1.807, 2.05) is 50.4 Å². The summed E-state index contributed by atoms with van der Waals surface area (Å²) in [6.45, 7) is 6.86. The van der Waals surface area contributed by atoms with Crippen molar-refractivity contribution in [2.24, 2.45) is 4.99 Å². The number of aryl methyl sites for hydroxylation is 1. The van der Waals surface area contributed by atoms with Crippen LogP contribution in [0.3, 0.4) is 0 Å². The zero-order chi connectivity index (χ0) is 20.9. The number of rotatable bonds is 11. The first kappa shape index (κ1) is 25.8. The third-order valence-electron chi connectivity index (χ3n) is 4.25. The zero-order valence-electron chi connectivity index (χ0n) is 18.0. The number of halogens is 1. The van der Waals surface area contributed by atoms with Crippen molar-refractivity contribution in [2.45, 2.75) is 39.3 Å². The molecular weight excluding hydrogens is 495 g/mol. The number of aromatic nitrogens is 1. The molecule has 0 bridgehead atoms. The Morgan fingerprint density at radius 2 is 1.93 bits per heavy atom. The molecule has 2 aromatic rings. The van der Waals surface area contributed by atoms with Gasteiger partial charge in [0.15, 0.2) is 5.96 Å². The van der Waals surface area contributed by atoms with Gasteiger partial charge < -0.3 is 24.7 Å². The van der Waals surface area contributed by atoms with E-state index in [1.165, 1.54) is 0 Å². The van der Waals surface area contributed by atoms with Crippen LogP contribution in [-0.4, -0.2) is 43.4 Å². The van der Waals surface area contributed by atoms with Crippen LogP contribution in [0.4, 0.5) is 0 Å². The molecule has 8 heteroatoms. The van der Waals surface area contributed by atoms with Gasteiger partial charge in [-0.15, -0.1) is 24.0 Å². The number of guanidine groups is 1. The number of pyridine rings is 1. The maximum atomic E-state index is 11.7. The first-order valence-electron chi connectivity index (χ1n) is 10.1. The lowest BCUT2D eigenvalue weighted by Gasteiger charge is -2.15. The molecule has 7 nitrogen and oxygen atoms in total. The summed E-state index contributed by atoms with van der Waals surface area (Å²) in [6, 6.07) is 12.8. The van der Waals surface area contributed by atoms with Crippen molar-refractivity contribution in [3.63, 3.8) is 0 Å². The number of aliphatic imine (C=N–C) groups is 1. The summed E-state index contributed by atoms with van der Waals surface area (Å²) in [5.74, 6) is 2.30. The van der Waals surface area contributed by atoms with Crippen molar-refractivity contribution in [1.82, 2.24) is 15.2 Å². The Kier molecular flexibility index (Phi) is 12.6. The number of nitrogens with zero attached hydrogens (tertiary/aromatic N) is 2. The molecule has 166 valence electrons. The van der Waals surface area contributed by atoms with E-state index >= 15 is 0 Å². The number of unbranched alkanes of at least 4 members (excludes halogenated alkanes) is 1. The van der Waals surface area contributed by atoms with Gasteiger partial charge in [-0.1, -0.05) is 12.1 Å². The molecule has 0 amide bonds. The number of benzene rings is 1. The van der Waals surface area contributed by atoms with Gasteiger partial charge >= 0.3 is 0 Å². The highest BCUT2D eigenvalue weighted by molar-refractivity contribution is 14.0. The number of methoxy groups -OCH3 is 1. The van der Waals surface area contributed by atoms with Gasteiger partial charge in [0, 0.05) is 38.0 Å². The highest BCUT2D eigenvalue weighted by Crippen LogP contribution is 2.19. The molecule has 1 unspecified atom stereocenters. The molecular formula is C22H33IN4O3. The minimum atomic E-state index is -0.0671. The van der Waals surface area contributed by atoms with Crippen molar-refractivity contribution in [1.29, 1.82) is 0 Å². The maximum absolute atomic E-state index is 11.7. The summed E-state index contributed by atoms with van der Waals surface area (Å²) in [5, 5.41) is 6.58. The maximum Gasteiger partial charge on any atom is 0.250 e. The molecule has 0 fully saturated rings. The normalized spacial score (nSPS) is 11.9. The van der Waals surface area contributed by atoms with Crippen LogP contribution in [0.25, 0.3) is 0 Å². The second-order valence-electron chi connectivity index (χ2n) is 6.69. The van der Waals surface area contributed by atoms with Crippen molar-refractivity contribution in [3.8, 4) is 11.5 Å². The summed E-state index contributed by atoms with van der Waals surface area (Å²) >= 11 is 0. The van der Waals surface area contributed by atoms with Crippen LogP contribution in [0.15, 0.2) is 58.4 Å². The van der Waals surface area contributed by atoms with E-state index in [2.05, 4.69) is 15.6 Å². The number of nitrogens with one attached hydrogen (secondary N) is 2. The Bertz CT molecular complexity index is 826. The number of hydrogen-bond donors (Lipinski definition) is 2. The molecule has 1 aromatic carbocycles. The largest absolute Gasteiger partial charge is 0.497 e. The van der Waals surface area contributed by atoms with Crippen LogP contribution < -0.4 is 25.7 Å². The summed E-state index contributed by atoms with van der Waals surface area (Å²) in [6.07, 6.45) is 3.63. The van der Waals surface area contributed by atoms with Crippen LogP contribution in [0.2, 0.25) is 0 Å². The van der Waals surface area contributed by atoms with Crippen molar-refractivity contribution < 1.29 is 9.47 Å². The van der Waals surface area contributed by atoms with Gasteiger partial charge in [0.1, 0.15) is 17.6 Å². The van der Waals surface area contributed by atoms with E-state index in [0.717, 1.165) is 49.9 Å². The lowest BCUT2D eigenvalue weighted by atomic mass is 10.3. The third kappa shape index (κ3) is 9.51. The molecule has 2 rings (SSSR count). The molecule has 1 heterocycles. The lowest BCUT2D eigenvalue weighted by molar-refractivity contribution is 0.229. The number of hydrogen-bond acceptors (Lipinski definition) is 4. The molecule has 1 atom stereocenters. The Balaban J connectivity index is 0.00000450. The molecule has 0 saturated carbocycles. The number of ether oxygens (including phenoxy) is 2. The Hall–Kier alpha value is -2.23. The average molecular weight is 528 g/mol. The van der Waals surface area contributed by atoms with E-state index in [-0.39, 0.29) is 35.6 Å². The fourth-order valence-corrected chi connectivity index (χ4v) is 2.76. The van der Waals surface area contributed by atoms with E-state index < -0.39 is 0 Å². The molecule has 0 aliphatic carbocycles. The van der Waals surface area contributed by atoms with Crippen LogP contribution in [-0.2, 0) is 6.54 Å².